The minimum Gasteiger partial charge on any atom is -0.466 e. The largest absolute Gasteiger partial charge is 0.466 e. The summed E-state index contributed by atoms with van der Waals surface area (Å²) >= 11 is 1.63. The quantitative estimate of drug-likeness (QED) is 0.267. The van der Waals surface area contributed by atoms with Gasteiger partial charge in [-0.1, -0.05) is 56.8 Å². The van der Waals surface area contributed by atoms with E-state index in [-0.39, 0.29) is 5.57 Å². The summed E-state index contributed by atoms with van der Waals surface area (Å²) in [7, 11) is 1.32. The van der Waals surface area contributed by atoms with Gasteiger partial charge >= 0.3 is 5.97 Å². The third-order valence-electron chi connectivity index (χ3n) is 4.28. The van der Waals surface area contributed by atoms with Crippen LogP contribution in [0.2, 0.25) is 0 Å². The van der Waals surface area contributed by atoms with Crippen molar-refractivity contribution >= 4 is 17.3 Å². The fourth-order valence-electron chi connectivity index (χ4n) is 2.62. The number of ether oxygens (including phenoxy) is 1. The zero-order valence-electron chi connectivity index (χ0n) is 14.9. The maximum atomic E-state index is 12.0. The molecule has 1 heterocycles. The zero-order valence-corrected chi connectivity index (χ0v) is 15.7. The second-order valence-electron chi connectivity index (χ2n) is 5.67. The Hall–Kier alpha value is -1.95. The Balaban J connectivity index is 2.27. The normalized spacial score (nSPS) is 12.6. The van der Waals surface area contributed by atoms with Crippen LogP contribution in [0.15, 0.2) is 60.0 Å². The molecular formula is C20H24O4S. The van der Waals surface area contributed by atoms with Gasteiger partial charge in [-0.05, 0) is 29.9 Å². The van der Waals surface area contributed by atoms with Crippen LogP contribution in [0.1, 0.15) is 43.2 Å². The number of benzene rings is 1. The summed E-state index contributed by atoms with van der Waals surface area (Å²) < 4.78 is 4.80. The van der Waals surface area contributed by atoms with Gasteiger partial charge in [0.05, 0.1) is 12.7 Å². The van der Waals surface area contributed by atoms with Crippen molar-refractivity contribution in [3.05, 3.63) is 70.4 Å². The summed E-state index contributed by atoms with van der Waals surface area (Å²) in [5.74, 6) is -0.521. The average Bonchev–Trinajstić information content (AvgIpc) is 3.20. The summed E-state index contributed by atoms with van der Waals surface area (Å²) in [6.07, 6.45) is 0.762. The van der Waals surface area contributed by atoms with Crippen molar-refractivity contribution in [2.24, 2.45) is 0 Å². The molecule has 0 saturated heterocycles. The summed E-state index contributed by atoms with van der Waals surface area (Å²) in [5.41, 5.74) is 0.420. The van der Waals surface area contributed by atoms with E-state index in [1.807, 2.05) is 47.8 Å². The van der Waals surface area contributed by atoms with Crippen LogP contribution < -0.4 is 0 Å². The lowest BCUT2D eigenvalue weighted by Gasteiger charge is -2.31. The van der Waals surface area contributed by atoms with Crippen molar-refractivity contribution in [2.75, 3.05) is 7.11 Å². The first-order valence-electron chi connectivity index (χ1n) is 8.28. The molecule has 0 saturated carbocycles. The van der Waals surface area contributed by atoms with Gasteiger partial charge in [0, 0.05) is 4.88 Å². The van der Waals surface area contributed by atoms with E-state index in [1.165, 1.54) is 7.11 Å². The van der Waals surface area contributed by atoms with Gasteiger partial charge in [0.25, 0.3) is 0 Å². The molecule has 0 aliphatic heterocycles. The van der Waals surface area contributed by atoms with Gasteiger partial charge in [-0.15, -0.1) is 11.3 Å². The number of carbonyl (C=O) groups excluding carboxylic acids is 1. The molecule has 4 nitrogen and oxygen atoms in total. The molecule has 2 aromatic rings. The summed E-state index contributed by atoms with van der Waals surface area (Å²) in [4.78, 5) is 24.8. The number of carbonyl (C=O) groups is 1. The summed E-state index contributed by atoms with van der Waals surface area (Å²) in [6.45, 7) is 7.95. The number of rotatable bonds is 9. The molecule has 0 amide bonds. The first kappa shape index (κ1) is 19.4. The Labute approximate surface area is 153 Å². The van der Waals surface area contributed by atoms with Crippen LogP contribution in [0.25, 0.3) is 0 Å². The molecule has 0 aliphatic carbocycles. The van der Waals surface area contributed by atoms with Crippen LogP contribution >= 0.6 is 11.3 Å². The Morgan fingerprint density at radius 2 is 1.84 bits per heavy atom. The number of thiophene rings is 1. The zero-order chi connectivity index (χ0) is 18.3. The number of hydrogen-bond donors (Lipinski definition) is 0. The van der Waals surface area contributed by atoms with E-state index < -0.39 is 17.7 Å². The second kappa shape index (κ2) is 8.94. The SMILES string of the molecule is C=C(C(=O)OC)[C@@H](OOC(CC)(CC)c1cccs1)c1ccccc1. The van der Waals surface area contributed by atoms with Gasteiger partial charge < -0.3 is 4.74 Å². The first-order valence-corrected chi connectivity index (χ1v) is 9.16. The van der Waals surface area contributed by atoms with E-state index in [0.717, 1.165) is 23.3 Å². The average molecular weight is 360 g/mol. The van der Waals surface area contributed by atoms with E-state index >= 15 is 0 Å². The lowest BCUT2D eigenvalue weighted by Crippen LogP contribution is -2.29. The Kier molecular flexibility index (Phi) is 6.93. The maximum Gasteiger partial charge on any atom is 0.336 e. The van der Waals surface area contributed by atoms with Crippen LogP contribution in [-0.4, -0.2) is 13.1 Å². The van der Waals surface area contributed by atoms with Gasteiger partial charge in [-0.25, -0.2) is 14.6 Å². The number of hydrogen-bond acceptors (Lipinski definition) is 5. The molecule has 2 rings (SSSR count). The first-order chi connectivity index (χ1) is 12.1. The van der Waals surface area contributed by atoms with Crippen molar-refractivity contribution in [1.29, 1.82) is 0 Å². The Morgan fingerprint density at radius 1 is 1.16 bits per heavy atom. The molecule has 0 bridgehead atoms. The maximum absolute atomic E-state index is 12.0. The van der Waals surface area contributed by atoms with Gasteiger partial charge in [0.15, 0.2) is 0 Å². The molecule has 0 unspecified atom stereocenters. The van der Waals surface area contributed by atoms with Crippen LogP contribution in [0.5, 0.6) is 0 Å². The monoisotopic (exact) mass is 360 g/mol. The number of esters is 1. The molecule has 0 spiro atoms. The molecule has 1 aromatic heterocycles. The van der Waals surface area contributed by atoms with E-state index in [4.69, 9.17) is 14.5 Å². The molecule has 1 aromatic carbocycles. The summed E-state index contributed by atoms with van der Waals surface area (Å²) in [6, 6.07) is 13.4. The molecule has 0 N–H and O–H groups in total. The highest BCUT2D eigenvalue weighted by molar-refractivity contribution is 7.10. The molecule has 134 valence electrons. The van der Waals surface area contributed by atoms with E-state index in [0.29, 0.717) is 0 Å². The van der Waals surface area contributed by atoms with Crippen molar-refractivity contribution in [2.45, 2.75) is 38.4 Å². The van der Waals surface area contributed by atoms with E-state index in [9.17, 15) is 4.79 Å². The Morgan fingerprint density at radius 3 is 2.36 bits per heavy atom. The van der Waals surface area contributed by atoms with Crippen LogP contribution in [0.3, 0.4) is 0 Å². The van der Waals surface area contributed by atoms with E-state index in [2.05, 4.69) is 20.4 Å². The van der Waals surface area contributed by atoms with Crippen LogP contribution in [0.4, 0.5) is 0 Å². The molecule has 0 radical (unpaired) electrons. The van der Waals surface area contributed by atoms with Crippen molar-refractivity contribution in [3.8, 4) is 0 Å². The fraction of sp³-hybridized carbons (Fsp3) is 0.350. The predicted molar refractivity (Wildman–Crippen MR) is 99.1 cm³/mol. The molecule has 0 aliphatic rings. The van der Waals surface area contributed by atoms with Gasteiger partial charge in [0.2, 0.25) is 0 Å². The smallest absolute Gasteiger partial charge is 0.336 e. The molecule has 5 heteroatoms. The van der Waals surface area contributed by atoms with Gasteiger partial charge in [-0.3, -0.25) is 0 Å². The van der Waals surface area contributed by atoms with Crippen LogP contribution in [0, 0.1) is 0 Å². The van der Waals surface area contributed by atoms with Gasteiger partial charge in [0.1, 0.15) is 11.7 Å². The fourth-order valence-corrected chi connectivity index (χ4v) is 3.61. The molecule has 1 atom stereocenters. The molecule has 25 heavy (non-hydrogen) atoms. The van der Waals surface area contributed by atoms with E-state index in [1.54, 1.807) is 11.3 Å². The van der Waals surface area contributed by atoms with Crippen LogP contribution in [-0.2, 0) is 24.9 Å². The van der Waals surface area contributed by atoms with Gasteiger partial charge in [-0.2, -0.15) is 0 Å². The third-order valence-corrected chi connectivity index (χ3v) is 5.34. The predicted octanol–water partition coefficient (Wildman–Crippen LogP) is 5.18. The highest BCUT2D eigenvalue weighted by Crippen LogP contribution is 2.38. The van der Waals surface area contributed by atoms with Crippen molar-refractivity contribution < 1.29 is 19.3 Å². The summed E-state index contributed by atoms with van der Waals surface area (Å²) in [5, 5.41) is 2.01. The molecular weight excluding hydrogens is 336 g/mol. The standard InChI is InChI=1S/C20H24O4S/c1-5-20(6-2,17-13-10-14-25-17)24-23-18(15(3)19(21)22-4)16-11-8-7-9-12-16/h7-14,18H,3,5-6H2,1-2,4H3/t18-/m1/s1. The van der Waals surface area contributed by atoms with Crippen molar-refractivity contribution in [3.63, 3.8) is 0 Å². The lowest BCUT2D eigenvalue weighted by atomic mass is 9.95. The van der Waals surface area contributed by atoms with Crippen molar-refractivity contribution in [1.82, 2.24) is 0 Å². The minimum absolute atomic E-state index is 0.195. The molecule has 0 fully saturated rings. The Bertz CT molecular complexity index is 675. The topological polar surface area (TPSA) is 44.8 Å². The lowest BCUT2D eigenvalue weighted by molar-refractivity contribution is -0.387. The third kappa shape index (κ3) is 4.37. The highest BCUT2D eigenvalue weighted by Gasteiger charge is 2.35. The second-order valence-corrected chi connectivity index (χ2v) is 6.61. The minimum atomic E-state index is -0.730. The number of methoxy groups -OCH3 is 1. The highest BCUT2D eigenvalue weighted by atomic mass is 32.1.